The quantitative estimate of drug-likeness (QED) is 0.369. The van der Waals surface area contributed by atoms with E-state index in [1.807, 2.05) is 0 Å². The van der Waals surface area contributed by atoms with E-state index in [0.29, 0.717) is 0 Å². The van der Waals surface area contributed by atoms with Gasteiger partial charge >= 0.3 is 0 Å². The van der Waals surface area contributed by atoms with Gasteiger partial charge in [0.2, 0.25) is 0 Å². The number of carbonyl (C=O) groups is 1. The van der Waals surface area contributed by atoms with Crippen LogP contribution in [0.4, 0.5) is 10.1 Å². The molecule has 1 aromatic rings. The van der Waals surface area contributed by atoms with Gasteiger partial charge in [0.15, 0.2) is 5.78 Å². The smallest absolute Gasteiger partial charge is 0.275 e. The molecular weight excluding hydrogens is 269 g/mol. The fourth-order valence-corrected chi connectivity index (χ4v) is 1.52. The van der Waals surface area contributed by atoms with E-state index in [1.165, 1.54) is 6.92 Å². The van der Waals surface area contributed by atoms with Crippen LogP contribution in [0.25, 0.3) is 0 Å². The molecule has 80 valence electrons. The van der Waals surface area contributed by atoms with Crippen LogP contribution in [0.5, 0.6) is 0 Å². The van der Waals surface area contributed by atoms with Crippen LogP contribution in [-0.2, 0) is 0 Å². The van der Waals surface area contributed by atoms with E-state index in [9.17, 15) is 19.3 Å². The third-order valence-corrected chi connectivity index (χ3v) is 2.47. The van der Waals surface area contributed by atoms with Gasteiger partial charge in [-0.05, 0) is 13.0 Å². The Hall–Kier alpha value is -1.30. The third kappa shape index (κ3) is 2.38. The lowest BCUT2D eigenvalue weighted by molar-refractivity contribution is -0.385. The second-order valence-electron chi connectivity index (χ2n) is 2.91. The summed E-state index contributed by atoms with van der Waals surface area (Å²) in [6.45, 7) is 1.42. The molecule has 15 heavy (non-hydrogen) atoms. The number of alkyl halides is 1. The fraction of sp³-hybridized carbons (Fsp3) is 0.222. The van der Waals surface area contributed by atoms with E-state index < -0.39 is 10.7 Å². The minimum atomic E-state index is -0.781. The first kappa shape index (κ1) is 11.8. The van der Waals surface area contributed by atoms with Crippen molar-refractivity contribution in [1.82, 2.24) is 0 Å². The summed E-state index contributed by atoms with van der Waals surface area (Å²) in [5.74, 6) is -1.16. The van der Waals surface area contributed by atoms with Crippen molar-refractivity contribution in [3.05, 3.63) is 39.2 Å². The summed E-state index contributed by atoms with van der Waals surface area (Å²) < 4.78 is 13.0. The van der Waals surface area contributed by atoms with Crippen LogP contribution in [0.15, 0.2) is 12.1 Å². The van der Waals surface area contributed by atoms with Crippen molar-refractivity contribution in [3.8, 4) is 0 Å². The van der Waals surface area contributed by atoms with Gasteiger partial charge in [0.1, 0.15) is 5.82 Å². The van der Waals surface area contributed by atoms with Crippen molar-refractivity contribution in [2.75, 3.05) is 5.33 Å². The molecule has 0 saturated carbocycles. The van der Waals surface area contributed by atoms with Crippen LogP contribution in [-0.4, -0.2) is 16.0 Å². The summed E-state index contributed by atoms with van der Waals surface area (Å²) in [4.78, 5) is 21.2. The molecule has 0 aliphatic rings. The molecular formula is C9H7BrFNO3. The molecule has 6 heteroatoms. The van der Waals surface area contributed by atoms with Crippen LogP contribution < -0.4 is 0 Å². The monoisotopic (exact) mass is 275 g/mol. The predicted octanol–water partition coefficient (Wildman–Crippen LogP) is 2.62. The van der Waals surface area contributed by atoms with Gasteiger partial charge in [0.05, 0.1) is 16.3 Å². The molecule has 0 saturated heterocycles. The largest absolute Gasteiger partial charge is 0.293 e. The van der Waals surface area contributed by atoms with Crippen molar-refractivity contribution in [1.29, 1.82) is 0 Å². The lowest BCUT2D eigenvalue weighted by Crippen LogP contribution is -2.06. The van der Waals surface area contributed by atoms with Gasteiger partial charge < -0.3 is 0 Å². The minimum absolute atomic E-state index is 0.00838. The Balaban J connectivity index is 3.41. The second kappa shape index (κ2) is 4.48. The molecule has 1 rings (SSSR count). The molecule has 0 heterocycles. The molecule has 0 aromatic heterocycles. The maximum atomic E-state index is 13.0. The van der Waals surface area contributed by atoms with Crippen LogP contribution in [0.3, 0.4) is 0 Å². The fourth-order valence-electron chi connectivity index (χ4n) is 1.22. The van der Waals surface area contributed by atoms with E-state index >= 15 is 0 Å². The highest BCUT2D eigenvalue weighted by atomic mass is 79.9. The summed E-state index contributed by atoms with van der Waals surface area (Å²) in [6.07, 6.45) is 0. The SMILES string of the molecule is Cc1c(C(=O)CBr)cc(F)cc1[N+](=O)[O-]. The Bertz CT molecular complexity index is 434. The first-order chi connectivity index (χ1) is 6.97. The van der Waals surface area contributed by atoms with E-state index in [-0.39, 0.29) is 27.9 Å². The average molecular weight is 276 g/mol. The first-order valence-electron chi connectivity index (χ1n) is 4.01. The normalized spacial score (nSPS) is 10.1. The summed E-state index contributed by atoms with van der Waals surface area (Å²) in [5.41, 5.74) is -0.149. The van der Waals surface area contributed by atoms with Gasteiger partial charge in [0.25, 0.3) is 5.69 Å². The number of nitro benzene ring substituents is 1. The highest BCUT2D eigenvalue weighted by Crippen LogP contribution is 2.23. The summed E-state index contributed by atoms with van der Waals surface area (Å²) in [5, 5.41) is 10.6. The zero-order valence-corrected chi connectivity index (χ0v) is 9.38. The minimum Gasteiger partial charge on any atom is -0.293 e. The van der Waals surface area contributed by atoms with Gasteiger partial charge in [-0.15, -0.1) is 0 Å². The molecule has 0 atom stereocenters. The van der Waals surface area contributed by atoms with Crippen molar-refractivity contribution in [3.63, 3.8) is 0 Å². The van der Waals surface area contributed by atoms with Crippen LogP contribution in [0.2, 0.25) is 0 Å². The maximum absolute atomic E-state index is 13.0. The van der Waals surface area contributed by atoms with Crippen LogP contribution in [0, 0.1) is 22.9 Å². The molecule has 0 bridgehead atoms. The zero-order chi connectivity index (χ0) is 11.6. The standard InChI is InChI=1S/C9H7BrFNO3/c1-5-7(9(13)4-10)2-6(11)3-8(5)12(14)15/h2-3H,4H2,1H3. The van der Waals surface area contributed by atoms with Crippen molar-refractivity contribution in [2.45, 2.75) is 6.92 Å². The molecule has 0 unspecified atom stereocenters. The Kier molecular flexibility index (Phi) is 3.52. The van der Waals surface area contributed by atoms with E-state index in [2.05, 4.69) is 15.9 Å². The number of carbonyl (C=O) groups excluding carboxylic acids is 1. The molecule has 0 spiro atoms. The Morgan fingerprint density at radius 3 is 2.67 bits per heavy atom. The summed E-state index contributed by atoms with van der Waals surface area (Å²) in [6, 6.07) is 1.81. The number of ketones is 1. The van der Waals surface area contributed by atoms with Crippen molar-refractivity contribution < 1.29 is 14.1 Å². The number of nitro groups is 1. The number of rotatable bonds is 3. The lowest BCUT2D eigenvalue weighted by atomic mass is 10.0. The van der Waals surface area contributed by atoms with Gasteiger partial charge in [0, 0.05) is 11.1 Å². The van der Waals surface area contributed by atoms with Gasteiger partial charge in [-0.2, -0.15) is 0 Å². The molecule has 0 aliphatic heterocycles. The number of halogens is 2. The molecule has 1 aromatic carbocycles. The number of hydrogen-bond donors (Lipinski definition) is 0. The highest BCUT2D eigenvalue weighted by Gasteiger charge is 2.19. The lowest BCUT2D eigenvalue weighted by Gasteiger charge is -2.03. The molecule has 4 nitrogen and oxygen atoms in total. The third-order valence-electron chi connectivity index (χ3n) is 1.96. The van der Waals surface area contributed by atoms with Crippen LogP contribution >= 0.6 is 15.9 Å². The molecule has 0 aliphatic carbocycles. The van der Waals surface area contributed by atoms with E-state index in [0.717, 1.165) is 12.1 Å². The molecule has 0 fully saturated rings. The molecule has 0 radical (unpaired) electrons. The van der Waals surface area contributed by atoms with Crippen molar-refractivity contribution >= 4 is 27.4 Å². The van der Waals surface area contributed by atoms with Gasteiger partial charge in [-0.3, -0.25) is 14.9 Å². The number of benzene rings is 1. The van der Waals surface area contributed by atoms with Gasteiger partial charge in [-0.1, -0.05) is 15.9 Å². The average Bonchev–Trinajstić information content (AvgIpc) is 2.19. The molecule has 0 amide bonds. The number of nitrogens with zero attached hydrogens (tertiary/aromatic N) is 1. The zero-order valence-electron chi connectivity index (χ0n) is 7.79. The highest BCUT2D eigenvalue weighted by molar-refractivity contribution is 9.09. The van der Waals surface area contributed by atoms with Crippen LogP contribution in [0.1, 0.15) is 15.9 Å². The molecule has 0 N–H and O–H groups in total. The second-order valence-corrected chi connectivity index (χ2v) is 3.47. The topological polar surface area (TPSA) is 60.2 Å². The van der Waals surface area contributed by atoms with Gasteiger partial charge in [-0.25, -0.2) is 4.39 Å². The summed E-state index contributed by atoms with van der Waals surface area (Å²) >= 11 is 2.93. The Morgan fingerprint density at radius 1 is 1.60 bits per heavy atom. The summed E-state index contributed by atoms with van der Waals surface area (Å²) in [7, 11) is 0. The maximum Gasteiger partial charge on any atom is 0.275 e. The first-order valence-corrected chi connectivity index (χ1v) is 5.13. The predicted molar refractivity (Wildman–Crippen MR) is 55.9 cm³/mol. The number of Topliss-reactive ketones (excluding diaryl/α,β-unsaturated/α-hetero) is 1. The van der Waals surface area contributed by atoms with E-state index in [1.54, 1.807) is 0 Å². The Labute approximate surface area is 93.4 Å². The Morgan fingerprint density at radius 2 is 2.20 bits per heavy atom. The van der Waals surface area contributed by atoms with E-state index in [4.69, 9.17) is 0 Å². The number of hydrogen-bond acceptors (Lipinski definition) is 3. The van der Waals surface area contributed by atoms with Crippen molar-refractivity contribution in [2.24, 2.45) is 0 Å².